The summed E-state index contributed by atoms with van der Waals surface area (Å²) in [6, 6.07) is 6.56. The van der Waals surface area contributed by atoms with Crippen LogP contribution in [0.5, 0.6) is 0 Å². The Hall–Kier alpha value is -0.140. The highest BCUT2D eigenvalue weighted by atomic mass is 127. The summed E-state index contributed by atoms with van der Waals surface area (Å²) >= 11 is 2.38. The first-order chi connectivity index (χ1) is 9.35. The lowest BCUT2D eigenvalue weighted by Gasteiger charge is -2.21. The van der Waals surface area contributed by atoms with Gasteiger partial charge in [0.15, 0.2) is 0 Å². The van der Waals surface area contributed by atoms with Crippen molar-refractivity contribution < 1.29 is 8.42 Å². The Morgan fingerprint density at radius 3 is 2.65 bits per heavy atom. The summed E-state index contributed by atoms with van der Waals surface area (Å²) < 4.78 is 23.8. The molecule has 1 unspecified atom stereocenters. The predicted octanol–water partition coefficient (Wildman–Crippen LogP) is 3.47. The molecular weight excluding hydrogens is 385 g/mol. The van der Waals surface area contributed by atoms with Crippen LogP contribution in [0.3, 0.4) is 0 Å². The number of benzene rings is 1. The summed E-state index contributed by atoms with van der Waals surface area (Å²) in [4.78, 5) is 0. The molecule has 0 aromatic heterocycles. The van der Waals surface area contributed by atoms with Gasteiger partial charge in [0.25, 0.3) is 0 Å². The molecule has 1 atom stereocenters. The van der Waals surface area contributed by atoms with Gasteiger partial charge < -0.3 is 5.32 Å². The van der Waals surface area contributed by atoms with Crippen molar-refractivity contribution in [1.82, 2.24) is 5.32 Å². The van der Waals surface area contributed by atoms with Crippen LogP contribution in [-0.2, 0) is 9.84 Å². The smallest absolute Gasteiger partial charge is 0.147 e. The van der Waals surface area contributed by atoms with Crippen LogP contribution >= 0.6 is 22.6 Å². The second kappa shape index (κ2) is 8.34. The Labute approximate surface area is 136 Å². The molecule has 0 radical (unpaired) electrons. The second-order valence-electron chi connectivity index (χ2n) is 5.26. The lowest BCUT2D eigenvalue weighted by molar-refractivity contribution is 0.490. The monoisotopic (exact) mass is 409 g/mol. The topological polar surface area (TPSA) is 46.2 Å². The minimum absolute atomic E-state index is 0.239. The van der Waals surface area contributed by atoms with Crippen molar-refractivity contribution in [3.63, 3.8) is 0 Å². The molecule has 0 bridgehead atoms. The van der Waals surface area contributed by atoms with Crippen LogP contribution in [0, 0.1) is 10.5 Å². The summed E-state index contributed by atoms with van der Waals surface area (Å²) in [6.07, 6.45) is 3.93. The standard InChI is InChI=1S/C15H24INO2S/c1-4-10-17-14(9-6-11-20(3,18)19)13-8-5-7-12(2)15(13)16/h5,7-8,14,17H,4,6,9-11H2,1-3H3. The maximum Gasteiger partial charge on any atom is 0.147 e. The molecule has 1 rings (SSSR count). The molecule has 0 amide bonds. The summed E-state index contributed by atoms with van der Waals surface area (Å²) in [5.74, 6) is 0.264. The van der Waals surface area contributed by atoms with E-state index in [1.165, 1.54) is 21.0 Å². The largest absolute Gasteiger partial charge is 0.310 e. The summed E-state index contributed by atoms with van der Waals surface area (Å²) in [7, 11) is -2.87. The average Bonchev–Trinajstić information content (AvgIpc) is 2.36. The molecule has 1 aromatic carbocycles. The number of nitrogens with one attached hydrogen (secondary N) is 1. The molecule has 114 valence electrons. The van der Waals surface area contributed by atoms with Gasteiger partial charge in [-0.3, -0.25) is 0 Å². The highest BCUT2D eigenvalue weighted by Crippen LogP contribution is 2.26. The van der Waals surface area contributed by atoms with Gasteiger partial charge in [0, 0.05) is 21.6 Å². The van der Waals surface area contributed by atoms with Gasteiger partial charge in [0.1, 0.15) is 9.84 Å². The lowest BCUT2D eigenvalue weighted by Crippen LogP contribution is -2.24. The first-order valence-corrected chi connectivity index (χ1v) is 10.1. The highest BCUT2D eigenvalue weighted by molar-refractivity contribution is 14.1. The zero-order valence-corrected chi connectivity index (χ0v) is 15.4. The number of hydrogen-bond donors (Lipinski definition) is 1. The van der Waals surface area contributed by atoms with Crippen LogP contribution in [0.4, 0.5) is 0 Å². The molecular formula is C15H24INO2S. The number of aryl methyl sites for hydroxylation is 1. The zero-order valence-electron chi connectivity index (χ0n) is 12.4. The quantitative estimate of drug-likeness (QED) is 0.669. The number of hydrogen-bond acceptors (Lipinski definition) is 3. The van der Waals surface area contributed by atoms with Gasteiger partial charge in [0.2, 0.25) is 0 Å². The van der Waals surface area contributed by atoms with E-state index in [-0.39, 0.29) is 11.8 Å². The van der Waals surface area contributed by atoms with Crippen LogP contribution < -0.4 is 5.32 Å². The first kappa shape index (κ1) is 17.9. The molecule has 5 heteroatoms. The summed E-state index contributed by atoms with van der Waals surface area (Å²) in [5, 5.41) is 3.54. The summed E-state index contributed by atoms with van der Waals surface area (Å²) in [5.41, 5.74) is 2.56. The SMILES string of the molecule is CCCNC(CCCS(C)(=O)=O)c1cccc(C)c1I. The number of rotatable bonds is 8. The third kappa shape index (κ3) is 6.10. The Morgan fingerprint density at radius 2 is 2.05 bits per heavy atom. The molecule has 1 aromatic rings. The van der Waals surface area contributed by atoms with Crippen LogP contribution in [-0.4, -0.2) is 27.0 Å². The van der Waals surface area contributed by atoms with E-state index in [2.05, 4.69) is 60.0 Å². The molecule has 0 aliphatic rings. The van der Waals surface area contributed by atoms with Crippen molar-refractivity contribution in [3.05, 3.63) is 32.9 Å². The molecule has 0 aliphatic heterocycles. The minimum atomic E-state index is -2.87. The fourth-order valence-electron chi connectivity index (χ4n) is 2.17. The number of sulfone groups is 1. The fraction of sp³-hybridized carbons (Fsp3) is 0.600. The zero-order chi connectivity index (χ0) is 15.2. The molecule has 3 nitrogen and oxygen atoms in total. The van der Waals surface area contributed by atoms with E-state index in [1.54, 1.807) is 0 Å². The van der Waals surface area contributed by atoms with E-state index in [9.17, 15) is 8.42 Å². The van der Waals surface area contributed by atoms with E-state index in [1.807, 2.05) is 0 Å². The van der Waals surface area contributed by atoms with Gasteiger partial charge in [-0.2, -0.15) is 0 Å². The van der Waals surface area contributed by atoms with Crippen LogP contribution in [0.15, 0.2) is 18.2 Å². The average molecular weight is 409 g/mol. The third-order valence-corrected chi connectivity index (χ3v) is 5.75. The van der Waals surface area contributed by atoms with E-state index in [0.29, 0.717) is 6.42 Å². The molecule has 1 N–H and O–H groups in total. The molecule has 0 fully saturated rings. The molecule has 0 saturated heterocycles. The predicted molar refractivity (Wildman–Crippen MR) is 93.9 cm³/mol. The normalized spacial score (nSPS) is 13.4. The van der Waals surface area contributed by atoms with Gasteiger partial charge in [-0.1, -0.05) is 25.1 Å². The maximum absolute atomic E-state index is 11.3. The van der Waals surface area contributed by atoms with Crippen LogP contribution in [0.2, 0.25) is 0 Å². The van der Waals surface area contributed by atoms with Crippen molar-refractivity contribution in [3.8, 4) is 0 Å². The Kier molecular flexibility index (Phi) is 7.47. The van der Waals surface area contributed by atoms with Crippen molar-refractivity contribution >= 4 is 32.4 Å². The first-order valence-electron chi connectivity index (χ1n) is 7.01. The Morgan fingerprint density at radius 1 is 1.35 bits per heavy atom. The number of halogens is 1. The maximum atomic E-state index is 11.3. The van der Waals surface area contributed by atoms with Gasteiger partial charge in [-0.25, -0.2) is 8.42 Å². The Balaban J connectivity index is 2.80. The molecule has 0 aliphatic carbocycles. The van der Waals surface area contributed by atoms with Crippen molar-refractivity contribution in [2.45, 2.75) is 39.2 Å². The van der Waals surface area contributed by atoms with Crippen LogP contribution in [0.1, 0.15) is 43.4 Å². The van der Waals surface area contributed by atoms with E-state index < -0.39 is 9.84 Å². The van der Waals surface area contributed by atoms with E-state index in [4.69, 9.17) is 0 Å². The fourth-order valence-corrected chi connectivity index (χ4v) is 3.60. The van der Waals surface area contributed by atoms with Gasteiger partial charge >= 0.3 is 0 Å². The van der Waals surface area contributed by atoms with Gasteiger partial charge in [-0.15, -0.1) is 0 Å². The molecule has 20 heavy (non-hydrogen) atoms. The highest BCUT2D eigenvalue weighted by Gasteiger charge is 2.15. The van der Waals surface area contributed by atoms with E-state index in [0.717, 1.165) is 19.4 Å². The van der Waals surface area contributed by atoms with E-state index >= 15 is 0 Å². The second-order valence-corrected chi connectivity index (χ2v) is 8.60. The van der Waals surface area contributed by atoms with Gasteiger partial charge in [0.05, 0.1) is 0 Å². The molecule has 0 heterocycles. The minimum Gasteiger partial charge on any atom is -0.310 e. The van der Waals surface area contributed by atoms with Crippen LogP contribution in [0.25, 0.3) is 0 Å². The molecule has 0 spiro atoms. The summed E-state index contributed by atoms with van der Waals surface area (Å²) in [6.45, 7) is 5.20. The van der Waals surface area contributed by atoms with Crippen molar-refractivity contribution in [1.29, 1.82) is 0 Å². The van der Waals surface area contributed by atoms with Gasteiger partial charge in [-0.05, 0) is 66.4 Å². The van der Waals surface area contributed by atoms with Crippen molar-refractivity contribution in [2.24, 2.45) is 0 Å². The Bertz CT molecular complexity index is 529. The third-order valence-electron chi connectivity index (χ3n) is 3.25. The molecule has 0 saturated carbocycles. The lowest BCUT2D eigenvalue weighted by atomic mass is 10.0. The van der Waals surface area contributed by atoms with Crippen molar-refractivity contribution in [2.75, 3.05) is 18.6 Å².